The number of aromatic nitrogens is 2. The fourth-order valence-electron chi connectivity index (χ4n) is 4.68. The van der Waals surface area contributed by atoms with E-state index in [1.165, 1.54) is 6.07 Å². The number of hydrogen-bond donors (Lipinski definition) is 1. The van der Waals surface area contributed by atoms with Gasteiger partial charge in [-0.3, -0.25) is 0 Å². The van der Waals surface area contributed by atoms with Crippen molar-refractivity contribution < 1.29 is 18.1 Å². The second-order valence-corrected chi connectivity index (χ2v) is 9.91. The molecule has 1 N–H and O–H groups in total. The number of fused-ring (bicyclic) bond motifs is 1. The van der Waals surface area contributed by atoms with E-state index in [9.17, 15) is 13.3 Å². The Morgan fingerprint density at radius 3 is 2.61 bits per heavy atom. The number of piperidine rings is 1. The predicted octanol–water partition coefficient (Wildman–Crippen LogP) is 3.39. The molecule has 4 heterocycles. The standard InChI is InChI=1S/C22H26F2N4O2S/c23-15-1-2-17(18(24)13-15)14-3-8-28(9-4-14)22-26-19-7-12-31(29)20(19)21(27-22)25-16-5-10-30-11-6-16/h1-2,13-14,16H,3-12H2,(H,25,26,27). The molecule has 0 saturated carbocycles. The monoisotopic (exact) mass is 448 g/mol. The SMILES string of the molecule is [O-][S+]1CCc2nc(N3CCC(c4ccc(F)cc4F)CC3)nc(NC3CCOCC3)c21. The summed E-state index contributed by atoms with van der Waals surface area (Å²) in [4.78, 5) is 12.4. The minimum absolute atomic E-state index is 0.0543. The Balaban J connectivity index is 1.34. The van der Waals surface area contributed by atoms with Crippen molar-refractivity contribution in [3.8, 4) is 0 Å². The lowest BCUT2D eigenvalue weighted by molar-refractivity contribution is 0.0903. The van der Waals surface area contributed by atoms with Crippen LogP contribution in [-0.4, -0.2) is 52.6 Å². The molecular weight excluding hydrogens is 422 g/mol. The van der Waals surface area contributed by atoms with Crippen LogP contribution in [0, 0.1) is 11.6 Å². The van der Waals surface area contributed by atoms with Gasteiger partial charge in [0.05, 0.1) is 0 Å². The smallest absolute Gasteiger partial charge is 0.227 e. The van der Waals surface area contributed by atoms with E-state index in [-0.39, 0.29) is 12.0 Å². The van der Waals surface area contributed by atoms with Crippen LogP contribution < -0.4 is 10.2 Å². The summed E-state index contributed by atoms with van der Waals surface area (Å²) in [5.74, 6) is 0.949. The number of nitrogens with one attached hydrogen (secondary N) is 1. The number of aryl methyl sites for hydroxylation is 1. The highest BCUT2D eigenvalue weighted by atomic mass is 32.2. The molecule has 2 aromatic rings. The highest BCUT2D eigenvalue weighted by Gasteiger charge is 2.34. The lowest BCUT2D eigenvalue weighted by atomic mass is 9.89. The molecular formula is C22H26F2N4O2S. The number of ether oxygens (including phenoxy) is 1. The van der Waals surface area contributed by atoms with Gasteiger partial charge >= 0.3 is 0 Å². The largest absolute Gasteiger partial charge is 0.611 e. The molecule has 1 unspecified atom stereocenters. The third-order valence-electron chi connectivity index (χ3n) is 6.42. The van der Waals surface area contributed by atoms with E-state index in [1.54, 1.807) is 6.07 Å². The molecule has 166 valence electrons. The summed E-state index contributed by atoms with van der Waals surface area (Å²) in [6, 6.07) is 4.09. The quantitative estimate of drug-likeness (QED) is 0.723. The van der Waals surface area contributed by atoms with Crippen LogP contribution in [0.2, 0.25) is 0 Å². The summed E-state index contributed by atoms with van der Waals surface area (Å²) in [6.45, 7) is 2.82. The van der Waals surface area contributed by atoms with Crippen molar-refractivity contribution >= 4 is 22.9 Å². The Morgan fingerprint density at radius 2 is 1.87 bits per heavy atom. The number of anilines is 2. The van der Waals surface area contributed by atoms with Crippen LogP contribution in [0.4, 0.5) is 20.5 Å². The number of benzene rings is 1. The third kappa shape index (κ3) is 4.36. The maximum atomic E-state index is 14.2. The van der Waals surface area contributed by atoms with Gasteiger partial charge in [0.2, 0.25) is 10.8 Å². The molecule has 2 fully saturated rings. The van der Waals surface area contributed by atoms with Crippen molar-refractivity contribution in [2.24, 2.45) is 0 Å². The normalized spacial score (nSPS) is 22.5. The molecule has 0 radical (unpaired) electrons. The molecule has 1 atom stereocenters. The van der Waals surface area contributed by atoms with Gasteiger partial charge in [0, 0.05) is 44.8 Å². The molecule has 0 amide bonds. The van der Waals surface area contributed by atoms with Gasteiger partial charge in [0.1, 0.15) is 23.1 Å². The Morgan fingerprint density at radius 1 is 1.10 bits per heavy atom. The minimum Gasteiger partial charge on any atom is -0.611 e. The molecule has 6 nitrogen and oxygen atoms in total. The Hall–Kier alpha value is -1.97. The van der Waals surface area contributed by atoms with Crippen LogP contribution in [0.5, 0.6) is 0 Å². The second-order valence-electron chi connectivity index (χ2n) is 8.41. The van der Waals surface area contributed by atoms with Crippen molar-refractivity contribution in [3.63, 3.8) is 0 Å². The molecule has 5 rings (SSSR count). The molecule has 1 aromatic carbocycles. The first-order valence-electron chi connectivity index (χ1n) is 10.9. The van der Waals surface area contributed by atoms with Crippen LogP contribution in [-0.2, 0) is 22.3 Å². The van der Waals surface area contributed by atoms with Gasteiger partial charge in [-0.2, -0.15) is 4.98 Å². The van der Waals surface area contributed by atoms with E-state index in [2.05, 4.69) is 10.2 Å². The Kier molecular flexibility index (Phi) is 5.99. The zero-order valence-corrected chi connectivity index (χ0v) is 18.1. The van der Waals surface area contributed by atoms with Crippen LogP contribution in [0.1, 0.15) is 42.9 Å². The lowest BCUT2D eigenvalue weighted by Crippen LogP contribution is -2.35. The molecule has 3 aliphatic rings. The van der Waals surface area contributed by atoms with Gasteiger partial charge in [-0.1, -0.05) is 6.07 Å². The number of halogens is 2. The van der Waals surface area contributed by atoms with Gasteiger partial charge in [-0.05, 0) is 54.4 Å². The van der Waals surface area contributed by atoms with E-state index in [4.69, 9.17) is 14.7 Å². The predicted molar refractivity (Wildman–Crippen MR) is 115 cm³/mol. The first-order valence-corrected chi connectivity index (χ1v) is 12.2. The van der Waals surface area contributed by atoms with Gasteiger partial charge in [-0.15, -0.1) is 0 Å². The summed E-state index contributed by atoms with van der Waals surface area (Å²) < 4.78 is 45.4. The molecule has 9 heteroatoms. The third-order valence-corrected chi connectivity index (χ3v) is 7.88. The van der Waals surface area contributed by atoms with Crippen LogP contribution >= 0.6 is 0 Å². The Bertz CT molecular complexity index is 949. The molecule has 2 saturated heterocycles. The fraction of sp³-hybridized carbons (Fsp3) is 0.545. The van der Waals surface area contributed by atoms with E-state index in [1.807, 2.05) is 0 Å². The van der Waals surface area contributed by atoms with Gasteiger partial charge in [0.15, 0.2) is 5.82 Å². The summed E-state index contributed by atoms with van der Waals surface area (Å²) in [7, 11) is 0. The van der Waals surface area contributed by atoms with E-state index in [0.29, 0.717) is 55.8 Å². The maximum Gasteiger partial charge on any atom is 0.227 e. The molecule has 3 aliphatic heterocycles. The zero-order valence-electron chi connectivity index (χ0n) is 17.3. The summed E-state index contributed by atoms with van der Waals surface area (Å²) in [5, 5.41) is 3.50. The van der Waals surface area contributed by atoms with Gasteiger partial charge in [0.25, 0.3) is 0 Å². The summed E-state index contributed by atoms with van der Waals surface area (Å²) in [5.41, 5.74) is 1.44. The number of rotatable bonds is 4. The molecule has 1 aromatic heterocycles. The lowest BCUT2D eigenvalue weighted by Gasteiger charge is -2.33. The Labute approximate surface area is 183 Å². The van der Waals surface area contributed by atoms with Gasteiger partial charge in [-0.25, -0.2) is 13.8 Å². The molecule has 0 spiro atoms. The number of nitrogens with zero attached hydrogens (tertiary/aromatic N) is 3. The zero-order chi connectivity index (χ0) is 21.4. The summed E-state index contributed by atoms with van der Waals surface area (Å²) in [6.07, 6.45) is 3.98. The van der Waals surface area contributed by atoms with E-state index >= 15 is 0 Å². The average molecular weight is 449 g/mol. The van der Waals surface area contributed by atoms with Crippen LogP contribution in [0.15, 0.2) is 23.1 Å². The minimum atomic E-state index is -1.07. The second kappa shape index (κ2) is 8.88. The molecule has 0 aliphatic carbocycles. The van der Waals surface area contributed by atoms with Crippen molar-refractivity contribution in [1.29, 1.82) is 0 Å². The van der Waals surface area contributed by atoms with Crippen molar-refractivity contribution in [1.82, 2.24) is 9.97 Å². The van der Waals surface area contributed by atoms with Crippen LogP contribution in [0.3, 0.4) is 0 Å². The highest BCUT2D eigenvalue weighted by molar-refractivity contribution is 7.91. The van der Waals surface area contributed by atoms with E-state index in [0.717, 1.165) is 42.3 Å². The molecule has 0 bridgehead atoms. The maximum absolute atomic E-state index is 14.2. The van der Waals surface area contributed by atoms with Crippen molar-refractivity contribution in [2.45, 2.75) is 49.0 Å². The summed E-state index contributed by atoms with van der Waals surface area (Å²) >= 11 is -1.07. The van der Waals surface area contributed by atoms with E-state index < -0.39 is 22.8 Å². The van der Waals surface area contributed by atoms with Crippen molar-refractivity contribution in [3.05, 3.63) is 41.1 Å². The number of hydrogen-bond acceptors (Lipinski definition) is 6. The first kappa shape index (κ1) is 20.9. The average Bonchev–Trinajstić information content (AvgIpc) is 3.16. The highest BCUT2D eigenvalue weighted by Crippen LogP contribution is 2.35. The first-order chi connectivity index (χ1) is 15.1. The topological polar surface area (TPSA) is 73.3 Å². The van der Waals surface area contributed by atoms with Gasteiger partial charge < -0.3 is 19.5 Å². The fourth-order valence-corrected chi connectivity index (χ4v) is 6.00. The molecule has 31 heavy (non-hydrogen) atoms. The van der Waals surface area contributed by atoms with Crippen LogP contribution in [0.25, 0.3) is 0 Å². The van der Waals surface area contributed by atoms with Crippen molar-refractivity contribution in [2.75, 3.05) is 42.3 Å².